The third-order valence-corrected chi connectivity index (χ3v) is 8.75. The van der Waals surface area contributed by atoms with Gasteiger partial charge in [-0.25, -0.2) is 9.97 Å². The first-order valence-corrected chi connectivity index (χ1v) is 15.8. The van der Waals surface area contributed by atoms with Crippen LogP contribution in [0.25, 0.3) is 11.5 Å². The van der Waals surface area contributed by atoms with Crippen molar-refractivity contribution >= 4 is 35.0 Å². The molecule has 2 aliphatic rings. The summed E-state index contributed by atoms with van der Waals surface area (Å²) in [4.78, 5) is 57.5. The lowest BCUT2D eigenvalue weighted by Gasteiger charge is -2.37. The Balaban J connectivity index is 1.09. The number of aromatic amines is 2. The SMILES string of the molecule is COc1ccnc(-c2[nH]nc(C(F)(F)F)c2Cc2cnc(C(=O)Nc3ccc(C(=O)N4CCN(C(=O)C5CCNCC5)CC4)c(Cl)c3)[nH]2)n1. The van der Waals surface area contributed by atoms with Gasteiger partial charge in [-0.2, -0.15) is 23.3 Å². The number of amides is 3. The topological polar surface area (TPSA) is 174 Å². The number of nitrogens with zero attached hydrogens (tertiary/aromatic N) is 6. The second-order valence-electron chi connectivity index (χ2n) is 11.6. The average Bonchev–Trinajstić information content (AvgIpc) is 3.76. The standard InChI is InChI=1S/C31H32ClF3N10O4/c1-49-23-6-9-37-26(41-23)24-21(25(43-42-24)31(33,34)35)14-19-16-38-27(39-19)28(46)40-18-2-3-20(22(32)15-18)30(48)45-12-10-44(11-13-45)29(47)17-4-7-36-8-5-17/h2-3,6,9,15-17,36H,4-5,7-8,10-14H2,1H3,(H,38,39)(H,40,46)(H,42,43). The first-order chi connectivity index (χ1) is 23.5. The maximum absolute atomic E-state index is 13.8. The number of carbonyl (C=O) groups is 3. The quantitative estimate of drug-likeness (QED) is 0.215. The fraction of sp³-hybridized carbons (Fsp3) is 0.387. The van der Waals surface area contributed by atoms with Crippen molar-refractivity contribution in [1.82, 2.24) is 45.2 Å². The van der Waals surface area contributed by atoms with Gasteiger partial charge in [-0.3, -0.25) is 19.5 Å². The molecule has 1 aromatic carbocycles. The number of hydrogen-bond acceptors (Lipinski definition) is 9. The number of nitrogens with one attached hydrogen (secondary N) is 4. The van der Waals surface area contributed by atoms with Gasteiger partial charge in [0.2, 0.25) is 11.8 Å². The van der Waals surface area contributed by atoms with Crippen LogP contribution in [0.5, 0.6) is 5.88 Å². The predicted molar refractivity (Wildman–Crippen MR) is 170 cm³/mol. The number of alkyl halides is 3. The van der Waals surface area contributed by atoms with Crippen molar-refractivity contribution in [3.63, 3.8) is 0 Å². The number of aromatic nitrogens is 6. The smallest absolute Gasteiger partial charge is 0.435 e. The van der Waals surface area contributed by atoms with Crippen LogP contribution >= 0.6 is 11.6 Å². The molecule has 0 saturated carbocycles. The van der Waals surface area contributed by atoms with E-state index >= 15 is 0 Å². The molecular formula is C31H32ClF3N10O4. The number of piperazine rings is 1. The second kappa shape index (κ2) is 14.2. The zero-order valence-electron chi connectivity index (χ0n) is 26.2. The van der Waals surface area contributed by atoms with Crippen molar-refractivity contribution in [2.24, 2.45) is 5.92 Å². The third-order valence-electron chi connectivity index (χ3n) is 8.43. The van der Waals surface area contributed by atoms with E-state index in [4.69, 9.17) is 16.3 Å². The van der Waals surface area contributed by atoms with Crippen LogP contribution in [-0.4, -0.2) is 104 Å². The highest BCUT2D eigenvalue weighted by Crippen LogP contribution is 2.35. The van der Waals surface area contributed by atoms with Crippen molar-refractivity contribution in [1.29, 1.82) is 0 Å². The molecule has 2 aliphatic heterocycles. The second-order valence-corrected chi connectivity index (χ2v) is 12.0. The Hall–Kier alpha value is -5.03. The molecule has 0 bridgehead atoms. The lowest BCUT2D eigenvalue weighted by atomic mass is 9.96. The largest absolute Gasteiger partial charge is 0.481 e. The Labute approximate surface area is 282 Å². The molecule has 0 unspecified atom stereocenters. The minimum absolute atomic E-state index is 0.0137. The Morgan fingerprint density at radius 1 is 1.06 bits per heavy atom. The maximum atomic E-state index is 13.8. The van der Waals surface area contributed by atoms with Gasteiger partial charge in [0.1, 0.15) is 5.69 Å². The molecule has 4 aromatic rings. The van der Waals surface area contributed by atoms with E-state index in [2.05, 4.69) is 40.8 Å². The summed E-state index contributed by atoms with van der Waals surface area (Å²) in [6.07, 6.45) is -0.901. The number of carbonyl (C=O) groups excluding carboxylic acids is 3. The van der Waals surface area contributed by atoms with E-state index in [9.17, 15) is 27.6 Å². The van der Waals surface area contributed by atoms with Gasteiger partial charge < -0.3 is 30.2 Å². The van der Waals surface area contributed by atoms with E-state index in [0.717, 1.165) is 25.9 Å². The summed E-state index contributed by atoms with van der Waals surface area (Å²) < 4.78 is 46.6. The molecule has 3 amide bonds. The number of methoxy groups -OCH3 is 1. The highest BCUT2D eigenvalue weighted by molar-refractivity contribution is 6.34. The Bertz CT molecular complexity index is 1850. The number of piperidine rings is 1. The van der Waals surface area contributed by atoms with E-state index in [1.165, 1.54) is 43.8 Å². The highest BCUT2D eigenvalue weighted by atomic mass is 35.5. The van der Waals surface area contributed by atoms with Crippen molar-refractivity contribution in [3.8, 4) is 17.4 Å². The summed E-state index contributed by atoms with van der Waals surface area (Å²) in [5, 5.41) is 11.8. The predicted octanol–water partition coefficient (Wildman–Crippen LogP) is 3.40. The van der Waals surface area contributed by atoms with Crippen LogP contribution in [0.1, 0.15) is 50.8 Å². The summed E-state index contributed by atoms with van der Waals surface area (Å²) in [6.45, 7) is 3.30. The zero-order valence-corrected chi connectivity index (χ0v) is 27.0. The number of halogens is 4. The van der Waals surface area contributed by atoms with E-state index in [1.807, 2.05) is 4.90 Å². The highest BCUT2D eigenvalue weighted by Gasteiger charge is 2.39. The molecule has 3 aromatic heterocycles. The number of rotatable bonds is 8. The van der Waals surface area contributed by atoms with E-state index in [0.29, 0.717) is 26.2 Å². The van der Waals surface area contributed by atoms with Crippen LogP contribution in [0.15, 0.2) is 36.7 Å². The molecule has 18 heteroatoms. The van der Waals surface area contributed by atoms with Crippen molar-refractivity contribution in [2.45, 2.75) is 25.4 Å². The number of imidazole rings is 1. The Morgan fingerprint density at radius 3 is 2.49 bits per heavy atom. The Kier molecular flexibility index (Phi) is 9.82. The van der Waals surface area contributed by atoms with Crippen LogP contribution in [0.2, 0.25) is 5.02 Å². The summed E-state index contributed by atoms with van der Waals surface area (Å²) in [5.74, 6) is -0.899. The summed E-state index contributed by atoms with van der Waals surface area (Å²) in [7, 11) is 1.37. The lowest BCUT2D eigenvalue weighted by molar-refractivity contribution is -0.141. The fourth-order valence-corrected chi connectivity index (χ4v) is 6.13. The van der Waals surface area contributed by atoms with Crippen molar-refractivity contribution < 1.29 is 32.3 Å². The lowest BCUT2D eigenvalue weighted by Crippen LogP contribution is -2.52. The summed E-state index contributed by atoms with van der Waals surface area (Å²) >= 11 is 6.46. The van der Waals surface area contributed by atoms with Gasteiger partial charge in [0.25, 0.3) is 11.8 Å². The monoisotopic (exact) mass is 700 g/mol. The normalized spacial score (nSPS) is 15.7. The van der Waals surface area contributed by atoms with Gasteiger partial charge in [-0.05, 0) is 44.1 Å². The molecule has 49 heavy (non-hydrogen) atoms. The van der Waals surface area contributed by atoms with Gasteiger partial charge in [-0.1, -0.05) is 11.6 Å². The number of H-pyrrole nitrogens is 2. The summed E-state index contributed by atoms with van der Waals surface area (Å²) in [6, 6.07) is 5.89. The van der Waals surface area contributed by atoms with Gasteiger partial charge in [0.05, 0.1) is 17.7 Å². The third kappa shape index (κ3) is 7.51. The average molecular weight is 701 g/mol. The molecular weight excluding hydrogens is 669 g/mol. The first kappa shape index (κ1) is 33.9. The molecule has 0 atom stereocenters. The maximum Gasteiger partial charge on any atom is 0.435 e. The number of ether oxygens (including phenoxy) is 1. The van der Waals surface area contributed by atoms with E-state index in [-0.39, 0.29) is 74.9 Å². The molecule has 5 heterocycles. The Morgan fingerprint density at radius 2 is 1.80 bits per heavy atom. The number of anilines is 1. The molecule has 258 valence electrons. The molecule has 6 rings (SSSR count). The zero-order chi connectivity index (χ0) is 34.7. The fourth-order valence-electron chi connectivity index (χ4n) is 5.87. The molecule has 0 aliphatic carbocycles. The number of hydrogen-bond donors (Lipinski definition) is 4. The van der Waals surface area contributed by atoms with Crippen LogP contribution in [0, 0.1) is 5.92 Å². The number of benzene rings is 1. The molecule has 2 saturated heterocycles. The van der Waals surface area contributed by atoms with Crippen molar-refractivity contribution in [2.75, 3.05) is 51.7 Å². The van der Waals surface area contributed by atoms with Gasteiger partial charge >= 0.3 is 6.18 Å². The van der Waals surface area contributed by atoms with Gasteiger partial charge in [-0.15, -0.1) is 0 Å². The van der Waals surface area contributed by atoms with Crippen LogP contribution in [-0.2, 0) is 17.4 Å². The van der Waals surface area contributed by atoms with Crippen LogP contribution in [0.3, 0.4) is 0 Å². The van der Waals surface area contributed by atoms with E-state index in [1.54, 1.807) is 4.90 Å². The molecule has 4 N–H and O–H groups in total. The molecule has 0 radical (unpaired) electrons. The first-order valence-electron chi connectivity index (χ1n) is 15.5. The van der Waals surface area contributed by atoms with Crippen LogP contribution in [0.4, 0.5) is 18.9 Å². The minimum atomic E-state index is -4.78. The molecule has 14 nitrogen and oxygen atoms in total. The molecule has 2 fully saturated rings. The summed E-state index contributed by atoms with van der Waals surface area (Å²) in [5.41, 5.74) is -0.769. The van der Waals surface area contributed by atoms with Gasteiger partial charge in [0.15, 0.2) is 17.3 Å². The van der Waals surface area contributed by atoms with Crippen molar-refractivity contribution in [3.05, 3.63) is 70.0 Å². The van der Waals surface area contributed by atoms with Gasteiger partial charge in [0, 0.05) is 73.9 Å². The van der Waals surface area contributed by atoms with Crippen LogP contribution < -0.4 is 15.4 Å². The minimum Gasteiger partial charge on any atom is -0.481 e. The van der Waals surface area contributed by atoms with E-state index < -0.39 is 17.8 Å². The molecule has 0 spiro atoms.